The highest BCUT2D eigenvalue weighted by atomic mass is 32.2. The number of para-hydroxylation sites is 1. The molecule has 0 aliphatic carbocycles. The van der Waals surface area contributed by atoms with Gasteiger partial charge in [-0.1, -0.05) is 23.4 Å². The molecule has 3 rings (SSSR count). The Morgan fingerprint density at radius 2 is 1.88 bits per heavy atom. The summed E-state index contributed by atoms with van der Waals surface area (Å²) in [5, 5.41) is 4.03. The van der Waals surface area contributed by atoms with E-state index in [-0.39, 0.29) is 0 Å². The van der Waals surface area contributed by atoms with Crippen LogP contribution in [0.5, 0.6) is 11.5 Å². The summed E-state index contributed by atoms with van der Waals surface area (Å²) in [6.45, 7) is 2.70. The topological polar surface area (TPSA) is 57.4 Å². The number of aromatic nitrogens is 2. The molecule has 0 amide bonds. The second kappa shape index (κ2) is 8.58. The van der Waals surface area contributed by atoms with E-state index in [0.717, 1.165) is 28.4 Å². The number of hydrogen-bond donors (Lipinski definition) is 0. The van der Waals surface area contributed by atoms with Gasteiger partial charge in [0.1, 0.15) is 11.5 Å². The van der Waals surface area contributed by atoms with E-state index >= 15 is 0 Å². The average molecular weight is 356 g/mol. The van der Waals surface area contributed by atoms with Crippen LogP contribution < -0.4 is 9.47 Å². The van der Waals surface area contributed by atoms with Crippen molar-refractivity contribution in [2.75, 3.05) is 19.5 Å². The third-order valence-electron chi connectivity index (χ3n) is 3.62. The first-order chi connectivity index (χ1) is 12.3. The number of thioether (sulfide) groups is 1. The van der Waals surface area contributed by atoms with Crippen LogP contribution in [0.25, 0.3) is 11.5 Å². The van der Waals surface area contributed by atoms with Crippen molar-refractivity contribution in [3.63, 3.8) is 0 Å². The molecule has 2 aromatic carbocycles. The maximum absolute atomic E-state index is 5.77. The molecule has 25 heavy (non-hydrogen) atoms. The van der Waals surface area contributed by atoms with Crippen molar-refractivity contribution in [3.05, 3.63) is 59.9 Å². The molecule has 1 heterocycles. The van der Waals surface area contributed by atoms with E-state index in [1.54, 1.807) is 18.9 Å². The molecule has 0 N–H and O–H groups in total. The zero-order chi connectivity index (χ0) is 17.5. The van der Waals surface area contributed by atoms with Crippen LogP contribution in [0.2, 0.25) is 0 Å². The van der Waals surface area contributed by atoms with Gasteiger partial charge in [-0.15, -0.1) is 0 Å². The minimum absolute atomic E-state index is 0.523. The first-order valence-corrected chi connectivity index (χ1v) is 9.15. The predicted molar refractivity (Wildman–Crippen MR) is 99.1 cm³/mol. The predicted octanol–water partition coefficient (Wildman–Crippen LogP) is 4.37. The summed E-state index contributed by atoms with van der Waals surface area (Å²) in [4.78, 5) is 4.43. The number of methoxy groups -OCH3 is 1. The molecule has 5 nitrogen and oxygen atoms in total. The minimum atomic E-state index is 0.523. The Labute approximate surface area is 151 Å². The van der Waals surface area contributed by atoms with Crippen LogP contribution in [-0.2, 0) is 5.75 Å². The average Bonchev–Trinajstić information content (AvgIpc) is 3.12. The number of rotatable bonds is 8. The lowest BCUT2D eigenvalue weighted by Gasteiger charge is -2.07. The summed E-state index contributed by atoms with van der Waals surface area (Å²) in [7, 11) is 1.64. The lowest BCUT2D eigenvalue weighted by atomic mass is 10.2. The molecule has 0 atom stereocenters. The number of hydrogen-bond acceptors (Lipinski definition) is 6. The number of aryl methyl sites for hydroxylation is 1. The Morgan fingerprint density at radius 1 is 1.08 bits per heavy atom. The van der Waals surface area contributed by atoms with Crippen molar-refractivity contribution < 1.29 is 14.0 Å². The second-order valence-corrected chi connectivity index (χ2v) is 6.52. The molecule has 1 aromatic heterocycles. The van der Waals surface area contributed by atoms with E-state index in [1.165, 1.54) is 0 Å². The van der Waals surface area contributed by atoms with Crippen LogP contribution in [0, 0.1) is 6.92 Å². The van der Waals surface area contributed by atoms with E-state index in [4.69, 9.17) is 14.0 Å². The summed E-state index contributed by atoms with van der Waals surface area (Å²) in [5.74, 6) is 4.50. The van der Waals surface area contributed by atoms with Gasteiger partial charge >= 0.3 is 0 Å². The number of nitrogens with zero attached hydrogens (tertiary/aromatic N) is 2. The van der Waals surface area contributed by atoms with Gasteiger partial charge in [0, 0.05) is 11.3 Å². The molecule has 0 spiro atoms. The van der Waals surface area contributed by atoms with Gasteiger partial charge in [-0.25, -0.2) is 0 Å². The minimum Gasteiger partial charge on any atom is -0.497 e. The van der Waals surface area contributed by atoms with Crippen LogP contribution in [0.4, 0.5) is 0 Å². The molecule has 6 heteroatoms. The number of benzene rings is 2. The zero-order valence-corrected chi connectivity index (χ0v) is 15.1. The monoisotopic (exact) mass is 356 g/mol. The fourth-order valence-electron chi connectivity index (χ4n) is 2.26. The van der Waals surface area contributed by atoms with Gasteiger partial charge in [0.15, 0.2) is 5.82 Å². The SMILES string of the molecule is COc1ccc(-c2nc(CSCCOc3ccccc3C)no2)cc1. The molecule has 0 unspecified atom stereocenters. The lowest BCUT2D eigenvalue weighted by Crippen LogP contribution is -2.01. The van der Waals surface area contributed by atoms with Crippen molar-refractivity contribution in [3.8, 4) is 23.0 Å². The quantitative estimate of drug-likeness (QED) is 0.559. The van der Waals surface area contributed by atoms with Crippen molar-refractivity contribution >= 4 is 11.8 Å². The summed E-state index contributed by atoms with van der Waals surface area (Å²) in [5.41, 5.74) is 2.03. The molecule has 0 radical (unpaired) electrons. The van der Waals surface area contributed by atoms with E-state index in [9.17, 15) is 0 Å². The summed E-state index contributed by atoms with van der Waals surface area (Å²) < 4.78 is 16.2. The smallest absolute Gasteiger partial charge is 0.257 e. The van der Waals surface area contributed by atoms with Crippen LogP contribution in [0.3, 0.4) is 0 Å². The summed E-state index contributed by atoms with van der Waals surface area (Å²) >= 11 is 1.72. The van der Waals surface area contributed by atoms with Gasteiger partial charge < -0.3 is 14.0 Å². The highest BCUT2D eigenvalue weighted by molar-refractivity contribution is 7.98. The molecule has 0 bridgehead atoms. The maximum atomic E-state index is 5.77. The molecule has 0 aliphatic rings. The second-order valence-electron chi connectivity index (χ2n) is 5.41. The Morgan fingerprint density at radius 3 is 2.64 bits per heavy atom. The molecule has 0 fully saturated rings. The Balaban J connectivity index is 1.45. The molecular formula is C19H20N2O3S. The van der Waals surface area contributed by atoms with Crippen LogP contribution in [0.1, 0.15) is 11.4 Å². The van der Waals surface area contributed by atoms with Gasteiger partial charge in [-0.2, -0.15) is 16.7 Å². The van der Waals surface area contributed by atoms with Gasteiger partial charge in [0.25, 0.3) is 5.89 Å². The highest BCUT2D eigenvalue weighted by Crippen LogP contribution is 2.22. The Kier molecular flexibility index (Phi) is 5.95. The molecule has 0 saturated carbocycles. The van der Waals surface area contributed by atoms with E-state index in [2.05, 4.69) is 10.1 Å². The van der Waals surface area contributed by atoms with Crippen LogP contribution in [0.15, 0.2) is 53.1 Å². The van der Waals surface area contributed by atoms with Gasteiger partial charge in [-0.05, 0) is 42.8 Å². The summed E-state index contributed by atoms with van der Waals surface area (Å²) in [6.07, 6.45) is 0. The van der Waals surface area contributed by atoms with E-state index < -0.39 is 0 Å². The molecule has 3 aromatic rings. The van der Waals surface area contributed by atoms with Crippen molar-refractivity contribution in [2.24, 2.45) is 0 Å². The Hall–Kier alpha value is -2.47. The lowest BCUT2D eigenvalue weighted by molar-refractivity contribution is 0.341. The zero-order valence-electron chi connectivity index (χ0n) is 14.3. The molecular weight excluding hydrogens is 336 g/mol. The molecule has 130 valence electrons. The summed E-state index contributed by atoms with van der Waals surface area (Å²) in [6, 6.07) is 15.6. The maximum Gasteiger partial charge on any atom is 0.257 e. The standard InChI is InChI=1S/C19H20N2O3S/c1-14-5-3-4-6-17(14)23-11-12-25-13-18-20-19(24-21-18)15-7-9-16(22-2)10-8-15/h3-10H,11-13H2,1-2H3. The van der Waals surface area contributed by atoms with Crippen molar-refractivity contribution in [1.82, 2.24) is 10.1 Å². The normalized spacial score (nSPS) is 10.6. The third-order valence-corrected chi connectivity index (χ3v) is 4.53. The van der Waals surface area contributed by atoms with Crippen LogP contribution in [-0.4, -0.2) is 29.6 Å². The molecule has 0 aliphatic heterocycles. The van der Waals surface area contributed by atoms with Crippen molar-refractivity contribution in [2.45, 2.75) is 12.7 Å². The van der Waals surface area contributed by atoms with E-state index in [1.807, 2.05) is 55.5 Å². The van der Waals surface area contributed by atoms with Crippen molar-refractivity contribution in [1.29, 1.82) is 0 Å². The van der Waals surface area contributed by atoms with Crippen LogP contribution >= 0.6 is 11.8 Å². The first-order valence-electron chi connectivity index (χ1n) is 7.99. The largest absolute Gasteiger partial charge is 0.497 e. The highest BCUT2D eigenvalue weighted by Gasteiger charge is 2.09. The van der Waals surface area contributed by atoms with Gasteiger partial charge in [-0.3, -0.25) is 0 Å². The molecule has 0 saturated heterocycles. The fraction of sp³-hybridized carbons (Fsp3) is 0.263. The third kappa shape index (κ3) is 4.76. The number of ether oxygens (including phenoxy) is 2. The van der Waals surface area contributed by atoms with Gasteiger partial charge in [0.2, 0.25) is 0 Å². The Bertz CT molecular complexity index is 802. The first kappa shape index (κ1) is 17.4. The fourth-order valence-corrected chi connectivity index (χ4v) is 2.90. The van der Waals surface area contributed by atoms with Gasteiger partial charge in [0.05, 0.1) is 19.5 Å². The van der Waals surface area contributed by atoms with E-state index in [0.29, 0.717) is 24.1 Å².